The third-order valence-electron chi connectivity index (χ3n) is 6.62. The molecule has 2 heterocycles. The van der Waals surface area contributed by atoms with E-state index in [1.165, 1.54) is 16.5 Å². The van der Waals surface area contributed by atoms with Crippen LogP contribution < -0.4 is 0 Å². The third kappa shape index (κ3) is 7.09. The molecule has 1 aromatic carbocycles. The van der Waals surface area contributed by atoms with Crippen molar-refractivity contribution in [1.29, 1.82) is 0 Å². The van der Waals surface area contributed by atoms with Crippen LogP contribution in [0.15, 0.2) is 42.5 Å². The highest BCUT2D eigenvalue weighted by molar-refractivity contribution is 7.13. The molecule has 0 bridgehead atoms. The number of aryl methyl sites for hydroxylation is 2. The molecule has 2 aromatic rings. The number of amides is 1. The Morgan fingerprint density at radius 3 is 2.56 bits per heavy atom. The van der Waals surface area contributed by atoms with Gasteiger partial charge in [0.05, 0.1) is 6.10 Å². The number of rotatable bonds is 13. The lowest BCUT2D eigenvalue weighted by atomic mass is 9.92. The van der Waals surface area contributed by atoms with E-state index in [0.717, 1.165) is 35.5 Å². The molecule has 3 rings (SSSR count). The van der Waals surface area contributed by atoms with Gasteiger partial charge in [-0.05, 0) is 68.6 Å². The molecule has 1 fully saturated rings. The smallest absolute Gasteiger partial charge is 0.345 e. The minimum Gasteiger partial charge on any atom is -0.477 e. The Morgan fingerprint density at radius 2 is 1.88 bits per heavy atom. The Morgan fingerprint density at radius 1 is 1.15 bits per heavy atom. The van der Waals surface area contributed by atoms with Gasteiger partial charge in [0, 0.05) is 23.9 Å². The number of nitrogens with zero attached hydrogens (tertiary/aromatic N) is 1. The zero-order chi connectivity index (χ0) is 24.7. The van der Waals surface area contributed by atoms with Crippen molar-refractivity contribution >= 4 is 23.2 Å². The minimum absolute atomic E-state index is 0.0528. The Bertz CT molecular complexity index is 949. The first-order chi connectivity index (χ1) is 16.2. The predicted octanol–water partition coefficient (Wildman–Crippen LogP) is 5.42. The van der Waals surface area contributed by atoms with Gasteiger partial charge in [-0.3, -0.25) is 4.79 Å². The first-order valence-electron chi connectivity index (χ1n) is 11.9. The summed E-state index contributed by atoms with van der Waals surface area (Å²) in [6.07, 6.45) is 3.35. The highest BCUT2D eigenvalue weighted by atomic mass is 32.1. The van der Waals surface area contributed by atoms with Crippen molar-refractivity contribution in [1.82, 2.24) is 4.90 Å². The van der Waals surface area contributed by atoms with Gasteiger partial charge in [0.2, 0.25) is 0 Å². The fourth-order valence-corrected chi connectivity index (χ4v) is 5.46. The SMILES string of the molecule is C[C@@H](CCCc1ccccc1)[C@H](O)CCC1CC(F)(F)C(=O)N1CCCc1ccc(C(=O)O)s1. The van der Waals surface area contributed by atoms with E-state index in [9.17, 15) is 23.5 Å². The molecule has 5 nitrogen and oxygen atoms in total. The van der Waals surface area contributed by atoms with Gasteiger partial charge in [-0.2, -0.15) is 8.78 Å². The molecular formula is C26H33F2NO4S. The Labute approximate surface area is 203 Å². The standard InChI is InChI=1S/C26H33F2NO4S/c1-18(7-5-10-19-8-3-2-4-9-19)22(30)14-12-20-17-26(27,28)25(33)29(20)16-6-11-21-13-15-23(34-21)24(31)32/h2-4,8-9,13,15,18,20,22,30H,5-7,10-12,14,16-17H2,1H3,(H,31,32)/t18-,20?,22+/m0/s1. The maximum atomic E-state index is 14.2. The van der Waals surface area contributed by atoms with Crippen molar-refractivity contribution in [2.75, 3.05) is 6.54 Å². The van der Waals surface area contributed by atoms with E-state index < -0.39 is 36.4 Å². The van der Waals surface area contributed by atoms with E-state index in [2.05, 4.69) is 12.1 Å². The lowest BCUT2D eigenvalue weighted by Gasteiger charge is -2.26. The molecule has 1 aromatic heterocycles. The number of aromatic carboxylic acids is 1. The number of halogens is 2. The molecule has 0 spiro atoms. The maximum absolute atomic E-state index is 14.2. The van der Waals surface area contributed by atoms with Crippen LogP contribution in [0.25, 0.3) is 0 Å². The molecule has 1 saturated heterocycles. The second-order valence-electron chi connectivity index (χ2n) is 9.24. The first kappa shape index (κ1) is 26.3. The van der Waals surface area contributed by atoms with Crippen molar-refractivity contribution in [3.05, 3.63) is 57.8 Å². The number of benzene rings is 1. The fraction of sp³-hybridized carbons (Fsp3) is 0.538. The summed E-state index contributed by atoms with van der Waals surface area (Å²) in [5, 5.41) is 19.6. The number of carbonyl (C=O) groups is 2. The van der Waals surface area contributed by atoms with Crippen molar-refractivity contribution in [2.45, 2.75) is 76.4 Å². The highest BCUT2D eigenvalue weighted by Gasteiger charge is 2.52. The number of carbonyl (C=O) groups excluding carboxylic acids is 1. The first-order valence-corrected chi connectivity index (χ1v) is 12.7. The molecule has 0 saturated carbocycles. The number of alkyl halides is 2. The van der Waals surface area contributed by atoms with Crippen molar-refractivity contribution in [2.24, 2.45) is 5.92 Å². The van der Waals surface area contributed by atoms with Crippen LogP contribution in [0, 0.1) is 5.92 Å². The predicted molar refractivity (Wildman–Crippen MR) is 128 cm³/mol. The topological polar surface area (TPSA) is 77.8 Å². The monoisotopic (exact) mass is 493 g/mol. The average Bonchev–Trinajstić information content (AvgIpc) is 3.36. The van der Waals surface area contributed by atoms with Gasteiger partial charge in [-0.1, -0.05) is 37.3 Å². The molecule has 3 atom stereocenters. The number of carboxylic acid groups (broad SMARTS) is 1. The summed E-state index contributed by atoms with van der Waals surface area (Å²) < 4.78 is 28.3. The van der Waals surface area contributed by atoms with Crippen molar-refractivity contribution < 1.29 is 28.6 Å². The summed E-state index contributed by atoms with van der Waals surface area (Å²) in [4.78, 5) is 25.6. The summed E-state index contributed by atoms with van der Waals surface area (Å²) in [6, 6.07) is 12.8. The van der Waals surface area contributed by atoms with E-state index in [0.29, 0.717) is 25.7 Å². The summed E-state index contributed by atoms with van der Waals surface area (Å²) >= 11 is 1.16. The van der Waals surface area contributed by atoms with Gasteiger partial charge in [0.15, 0.2) is 0 Å². The van der Waals surface area contributed by atoms with Crippen LogP contribution in [-0.2, 0) is 17.6 Å². The molecule has 1 unspecified atom stereocenters. The van der Waals surface area contributed by atoms with Crippen LogP contribution >= 0.6 is 11.3 Å². The molecule has 8 heteroatoms. The van der Waals surface area contributed by atoms with E-state index in [4.69, 9.17) is 5.11 Å². The second kappa shape index (κ2) is 11.9. The largest absolute Gasteiger partial charge is 0.477 e. The molecule has 1 amide bonds. The molecule has 186 valence electrons. The maximum Gasteiger partial charge on any atom is 0.345 e. The summed E-state index contributed by atoms with van der Waals surface area (Å²) in [5.74, 6) is -5.44. The van der Waals surface area contributed by atoms with Gasteiger partial charge in [-0.25, -0.2) is 4.79 Å². The lowest BCUT2D eigenvalue weighted by Crippen LogP contribution is -2.37. The average molecular weight is 494 g/mol. The molecule has 34 heavy (non-hydrogen) atoms. The second-order valence-corrected chi connectivity index (χ2v) is 10.4. The molecular weight excluding hydrogens is 460 g/mol. The van der Waals surface area contributed by atoms with Gasteiger partial charge in [0.25, 0.3) is 5.91 Å². The van der Waals surface area contributed by atoms with Crippen LogP contribution in [-0.4, -0.2) is 51.6 Å². The molecule has 1 aliphatic rings. The number of thiophene rings is 1. The number of hydrogen-bond donors (Lipinski definition) is 2. The third-order valence-corrected chi connectivity index (χ3v) is 7.75. The molecule has 0 radical (unpaired) electrons. The minimum atomic E-state index is -3.36. The zero-order valence-corrected chi connectivity index (χ0v) is 20.3. The number of aliphatic hydroxyl groups excluding tert-OH is 1. The van der Waals surface area contributed by atoms with Crippen molar-refractivity contribution in [3.8, 4) is 0 Å². The molecule has 2 N–H and O–H groups in total. The van der Waals surface area contributed by atoms with Crippen LogP contribution in [0.2, 0.25) is 0 Å². The Balaban J connectivity index is 1.45. The van der Waals surface area contributed by atoms with Gasteiger partial charge in [-0.15, -0.1) is 11.3 Å². The van der Waals surface area contributed by atoms with Crippen LogP contribution in [0.3, 0.4) is 0 Å². The quantitative estimate of drug-likeness (QED) is 0.391. The summed E-state index contributed by atoms with van der Waals surface area (Å²) in [7, 11) is 0. The zero-order valence-electron chi connectivity index (χ0n) is 19.5. The van der Waals surface area contributed by atoms with Crippen LogP contribution in [0.4, 0.5) is 8.78 Å². The summed E-state index contributed by atoms with van der Waals surface area (Å²) in [5.41, 5.74) is 1.26. The highest BCUT2D eigenvalue weighted by Crippen LogP contribution is 2.36. The Hall–Kier alpha value is -2.32. The van der Waals surface area contributed by atoms with Gasteiger partial charge >= 0.3 is 11.9 Å². The van der Waals surface area contributed by atoms with E-state index in [-0.39, 0.29) is 17.3 Å². The normalized spacial score (nSPS) is 19.4. The number of likely N-dealkylation sites (tertiary alicyclic amines) is 1. The number of aliphatic hydroxyl groups is 1. The number of hydrogen-bond acceptors (Lipinski definition) is 4. The number of carboxylic acids is 1. The van der Waals surface area contributed by atoms with Crippen LogP contribution in [0.1, 0.15) is 65.6 Å². The fourth-order valence-electron chi connectivity index (χ4n) is 4.58. The van der Waals surface area contributed by atoms with E-state index in [1.807, 2.05) is 25.1 Å². The van der Waals surface area contributed by atoms with E-state index >= 15 is 0 Å². The van der Waals surface area contributed by atoms with Gasteiger partial charge < -0.3 is 15.1 Å². The summed E-state index contributed by atoms with van der Waals surface area (Å²) in [6.45, 7) is 2.18. The lowest BCUT2D eigenvalue weighted by molar-refractivity contribution is -0.148. The Kier molecular flexibility index (Phi) is 9.19. The van der Waals surface area contributed by atoms with Crippen molar-refractivity contribution in [3.63, 3.8) is 0 Å². The van der Waals surface area contributed by atoms with Gasteiger partial charge in [0.1, 0.15) is 4.88 Å². The van der Waals surface area contributed by atoms with Crippen LogP contribution in [0.5, 0.6) is 0 Å². The molecule has 0 aliphatic carbocycles. The molecule has 1 aliphatic heterocycles. The van der Waals surface area contributed by atoms with E-state index in [1.54, 1.807) is 6.07 Å².